The first-order valence-electron chi connectivity index (χ1n) is 11.5. The third-order valence-corrected chi connectivity index (χ3v) is 7.04. The van der Waals surface area contributed by atoms with E-state index in [1.165, 1.54) is 0 Å². The van der Waals surface area contributed by atoms with E-state index in [1.807, 2.05) is 48.7 Å². The van der Waals surface area contributed by atoms with Crippen LogP contribution in [0.15, 0.2) is 53.0 Å². The van der Waals surface area contributed by atoms with Crippen LogP contribution in [-0.4, -0.2) is 24.1 Å². The second-order valence-electron chi connectivity index (χ2n) is 9.51. The summed E-state index contributed by atoms with van der Waals surface area (Å²) in [5, 5.41) is 8.32. The molecule has 2 aromatic rings. The third-order valence-electron chi connectivity index (χ3n) is 6.12. The van der Waals surface area contributed by atoms with Gasteiger partial charge in [0, 0.05) is 42.0 Å². The van der Waals surface area contributed by atoms with Crippen molar-refractivity contribution in [3.05, 3.63) is 57.9 Å². The Kier molecular flexibility index (Phi) is 6.70. The van der Waals surface area contributed by atoms with Crippen molar-refractivity contribution < 1.29 is 14.4 Å². The van der Waals surface area contributed by atoms with Gasteiger partial charge in [-0.3, -0.25) is 19.3 Å². The number of Topliss-reactive ketones (excluding diaryl/α,β-unsaturated/α-hetero) is 1. The monoisotopic (exact) mass is 465 g/mol. The second-order valence-corrected chi connectivity index (χ2v) is 10.5. The molecular weight excluding hydrogens is 434 g/mol. The summed E-state index contributed by atoms with van der Waals surface area (Å²) in [4.78, 5) is 42.1. The quantitative estimate of drug-likeness (QED) is 0.615. The van der Waals surface area contributed by atoms with E-state index in [-0.39, 0.29) is 35.9 Å². The number of nitrogens with one attached hydrogen (secondary N) is 2. The van der Waals surface area contributed by atoms with Crippen molar-refractivity contribution in [2.75, 3.05) is 16.8 Å². The molecule has 0 radical (unpaired) electrons. The third kappa shape index (κ3) is 4.88. The van der Waals surface area contributed by atoms with Crippen LogP contribution < -0.4 is 15.5 Å². The van der Waals surface area contributed by atoms with Crippen LogP contribution in [0.1, 0.15) is 63.8 Å². The first-order chi connectivity index (χ1) is 15.8. The van der Waals surface area contributed by atoms with Crippen LogP contribution in [0.2, 0.25) is 0 Å². The highest BCUT2D eigenvalue weighted by atomic mass is 32.1. The number of amides is 2. The number of allylic oxidation sites excluding steroid dienone is 1. The topological polar surface area (TPSA) is 78.5 Å². The van der Waals surface area contributed by atoms with E-state index in [4.69, 9.17) is 0 Å². The summed E-state index contributed by atoms with van der Waals surface area (Å²) >= 11 is 1.54. The van der Waals surface area contributed by atoms with Crippen molar-refractivity contribution >= 4 is 40.3 Å². The van der Waals surface area contributed by atoms with Gasteiger partial charge in [-0.15, -0.1) is 11.3 Å². The van der Waals surface area contributed by atoms with E-state index >= 15 is 0 Å². The molecule has 2 N–H and O–H groups in total. The molecule has 0 bridgehead atoms. The summed E-state index contributed by atoms with van der Waals surface area (Å²) in [7, 11) is 0. The molecular formula is C26H31N3O3S. The summed E-state index contributed by atoms with van der Waals surface area (Å²) in [6.07, 6.45) is 2.21. The molecule has 7 heteroatoms. The SMILES string of the molecule is CCCNC(=O)CCC(=O)N1c2ccccc2NC2=C(C(=O)CC(C)(C)C2)[C@H]1c1cccs1. The lowest BCUT2D eigenvalue weighted by molar-refractivity contribution is -0.125. The maximum Gasteiger partial charge on any atom is 0.228 e. The van der Waals surface area contributed by atoms with Gasteiger partial charge < -0.3 is 10.6 Å². The lowest BCUT2D eigenvalue weighted by Gasteiger charge is -2.36. The number of hydrogen-bond acceptors (Lipinski definition) is 5. The lowest BCUT2D eigenvalue weighted by atomic mass is 9.74. The maximum absolute atomic E-state index is 13.7. The largest absolute Gasteiger partial charge is 0.357 e. The standard InChI is InChI=1S/C26H31N3O3S/c1-4-13-27-22(31)11-12-23(32)29-19-9-6-5-8-17(19)28-18-15-26(2,3)16-20(30)24(18)25(29)21-10-7-14-33-21/h5-10,14,25,28H,4,11-13,15-16H2,1-3H3,(H,27,31)/t25-/m1/s1. The van der Waals surface area contributed by atoms with Gasteiger partial charge in [0.2, 0.25) is 11.8 Å². The molecule has 6 nitrogen and oxygen atoms in total. The number of para-hydroxylation sites is 2. The van der Waals surface area contributed by atoms with Gasteiger partial charge in [0.05, 0.1) is 11.4 Å². The zero-order valence-corrected chi connectivity index (χ0v) is 20.3. The van der Waals surface area contributed by atoms with E-state index in [0.29, 0.717) is 18.5 Å². The molecule has 0 saturated carbocycles. The highest BCUT2D eigenvalue weighted by Crippen LogP contribution is 2.49. The molecule has 1 aromatic carbocycles. The summed E-state index contributed by atoms with van der Waals surface area (Å²) in [5.41, 5.74) is 2.93. The van der Waals surface area contributed by atoms with Gasteiger partial charge in [0.25, 0.3) is 0 Å². The summed E-state index contributed by atoms with van der Waals surface area (Å²) in [6.45, 7) is 6.80. The van der Waals surface area contributed by atoms with Crippen molar-refractivity contribution in [2.24, 2.45) is 5.41 Å². The van der Waals surface area contributed by atoms with Gasteiger partial charge in [-0.2, -0.15) is 0 Å². The second kappa shape index (κ2) is 9.51. The van der Waals surface area contributed by atoms with Crippen LogP contribution in [0.4, 0.5) is 11.4 Å². The Hall–Kier alpha value is -2.93. The molecule has 0 spiro atoms. The minimum absolute atomic E-state index is 0.0680. The predicted octanol–water partition coefficient (Wildman–Crippen LogP) is 5.20. The van der Waals surface area contributed by atoms with Crippen LogP contribution in [0.3, 0.4) is 0 Å². The number of rotatable bonds is 6. The van der Waals surface area contributed by atoms with E-state index in [2.05, 4.69) is 24.5 Å². The minimum atomic E-state index is -0.508. The van der Waals surface area contributed by atoms with Gasteiger partial charge in [0.1, 0.15) is 6.04 Å². The zero-order chi connectivity index (χ0) is 23.6. The molecule has 1 aliphatic heterocycles. The normalized spacial score (nSPS) is 19.3. The minimum Gasteiger partial charge on any atom is -0.357 e. The highest BCUT2D eigenvalue weighted by molar-refractivity contribution is 7.10. The van der Waals surface area contributed by atoms with Crippen molar-refractivity contribution in [3.8, 4) is 0 Å². The number of carbonyl (C=O) groups excluding carboxylic acids is 3. The van der Waals surface area contributed by atoms with Crippen LogP contribution in [0, 0.1) is 5.41 Å². The number of thiophene rings is 1. The summed E-state index contributed by atoms with van der Waals surface area (Å²) in [5.74, 6) is -0.228. The maximum atomic E-state index is 13.7. The first-order valence-corrected chi connectivity index (χ1v) is 12.4. The molecule has 174 valence electrons. The van der Waals surface area contributed by atoms with Gasteiger partial charge >= 0.3 is 0 Å². The average molecular weight is 466 g/mol. The van der Waals surface area contributed by atoms with Gasteiger partial charge in [-0.25, -0.2) is 0 Å². The van der Waals surface area contributed by atoms with Crippen molar-refractivity contribution in [1.29, 1.82) is 0 Å². The molecule has 4 rings (SSSR count). The van der Waals surface area contributed by atoms with Gasteiger partial charge in [0.15, 0.2) is 5.78 Å². The Morgan fingerprint density at radius 2 is 1.94 bits per heavy atom. The molecule has 2 aliphatic rings. The summed E-state index contributed by atoms with van der Waals surface area (Å²) in [6, 6.07) is 11.1. The smallest absolute Gasteiger partial charge is 0.228 e. The lowest BCUT2D eigenvalue weighted by Crippen LogP contribution is -2.39. The van der Waals surface area contributed by atoms with E-state index in [0.717, 1.165) is 34.8 Å². The van der Waals surface area contributed by atoms with Gasteiger partial charge in [-0.1, -0.05) is 39.0 Å². The Morgan fingerprint density at radius 1 is 1.15 bits per heavy atom. The Balaban J connectivity index is 1.79. The van der Waals surface area contributed by atoms with Crippen LogP contribution in [0.5, 0.6) is 0 Å². The van der Waals surface area contributed by atoms with Crippen molar-refractivity contribution in [2.45, 2.75) is 58.9 Å². The molecule has 1 aliphatic carbocycles. The summed E-state index contributed by atoms with van der Waals surface area (Å²) < 4.78 is 0. The number of fused-ring (bicyclic) bond motifs is 1. The van der Waals surface area contributed by atoms with E-state index in [1.54, 1.807) is 16.2 Å². The Bertz CT molecular complexity index is 1090. The molecule has 33 heavy (non-hydrogen) atoms. The van der Waals surface area contributed by atoms with Crippen LogP contribution in [-0.2, 0) is 14.4 Å². The fraction of sp³-hybridized carbons (Fsp3) is 0.423. The molecule has 0 unspecified atom stereocenters. The number of ketones is 1. The predicted molar refractivity (Wildman–Crippen MR) is 132 cm³/mol. The number of carbonyl (C=O) groups is 3. The molecule has 0 fully saturated rings. The molecule has 1 aromatic heterocycles. The Morgan fingerprint density at radius 3 is 2.67 bits per heavy atom. The highest BCUT2D eigenvalue weighted by Gasteiger charge is 2.43. The Labute approximate surface area is 199 Å². The van der Waals surface area contributed by atoms with Crippen LogP contribution in [0.25, 0.3) is 0 Å². The molecule has 0 saturated heterocycles. The number of benzene rings is 1. The fourth-order valence-electron chi connectivity index (χ4n) is 4.67. The molecule has 2 amide bonds. The average Bonchev–Trinajstić information content (AvgIpc) is 3.25. The van der Waals surface area contributed by atoms with Crippen molar-refractivity contribution in [1.82, 2.24) is 5.32 Å². The van der Waals surface area contributed by atoms with Crippen LogP contribution >= 0.6 is 11.3 Å². The molecule has 1 atom stereocenters. The first kappa shape index (κ1) is 23.2. The van der Waals surface area contributed by atoms with Gasteiger partial charge in [-0.05, 0) is 41.8 Å². The molecule has 2 heterocycles. The van der Waals surface area contributed by atoms with E-state index in [9.17, 15) is 14.4 Å². The van der Waals surface area contributed by atoms with Crippen molar-refractivity contribution in [3.63, 3.8) is 0 Å². The zero-order valence-electron chi connectivity index (χ0n) is 19.4. The number of hydrogen-bond donors (Lipinski definition) is 2. The van der Waals surface area contributed by atoms with E-state index < -0.39 is 6.04 Å². The number of anilines is 2. The fourth-order valence-corrected chi connectivity index (χ4v) is 5.50. The number of nitrogens with zero attached hydrogens (tertiary/aromatic N) is 1.